The molecular formula is C26H36N2O4. The van der Waals surface area contributed by atoms with Crippen LogP contribution < -0.4 is 14.9 Å². The SMILES string of the molecule is CCCC(N(NC(=O)c1ccc(OC)c(OC)c1)C(=O)c1cc(C)cc(C)c1)C(C)(C)C. The minimum absolute atomic E-state index is 0.190. The molecule has 2 aromatic carbocycles. The van der Waals surface area contributed by atoms with E-state index in [-0.39, 0.29) is 23.3 Å². The molecule has 0 aromatic heterocycles. The number of carbonyl (C=O) groups is 2. The second kappa shape index (κ2) is 10.5. The Kier molecular flexibility index (Phi) is 8.31. The summed E-state index contributed by atoms with van der Waals surface area (Å²) in [7, 11) is 3.06. The van der Waals surface area contributed by atoms with Gasteiger partial charge in [-0.2, -0.15) is 0 Å². The Morgan fingerprint density at radius 2 is 1.53 bits per heavy atom. The van der Waals surface area contributed by atoms with Crippen LogP contribution >= 0.6 is 0 Å². The number of rotatable bonds is 7. The second-order valence-electron chi connectivity index (χ2n) is 9.23. The van der Waals surface area contributed by atoms with E-state index in [1.165, 1.54) is 12.1 Å². The fourth-order valence-corrected chi connectivity index (χ4v) is 3.88. The third-order valence-corrected chi connectivity index (χ3v) is 5.43. The van der Waals surface area contributed by atoms with Crippen LogP contribution in [0.15, 0.2) is 36.4 Å². The van der Waals surface area contributed by atoms with Crippen LogP contribution in [0.4, 0.5) is 0 Å². The standard InChI is InChI=1S/C26H36N2O4/c1-9-10-23(26(4,5)6)28(25(30)20-14-17(2)13-18(3)15-20)27-24(29)19-11-12-21(31-7)22(16-19)32-8/h11-16,23H,9-10H2,1-8H3,(H,27,29). The van der Waals surface area contributed by atoms with E-state index in [0.29, 0.717) is 22.6 Å². The number of hydrazine groups is 1. The predicted octanol–water partition coefficient (Wildman–Crippen LogP) is 5.32. The number of benzene rings is 2. The average Bonchev–Trinajstić information content (AvgIpc) is 2.73. The smallest absolute Gasteiger partial charge is 0.272 e. The molecule has 0 fully saturated rings. The number of hydrogen-bond acceptors (Lipinski definition) is 4. The molecule has 2 rings (SSSR count). The van der Waals surface area contributed by atoms with E-state index in [1.54, 1.807) is 25.3 Å². The molecule has 6 nitrogen and oxygen atoms in total. The molecule has 0 bridgehead atoms. The van der Waals surface area contributed by atoms with E-state index < -0.39 is 0 Å². The molecule has 0 radical (unpaired) electrons. The van der Waals surface area contributed by atoms with E-state index in [2.05, 4.69) is 33.1 Å². The molecule has 0 aliphatic rings. The molecule has 1 N–H and O–H groups in total. The molecule has 1 atom stereocenters. The minimum atomic E-state index is -0.381. The zero-order valence-corrected chi connectivity index (χ0v) is 20.5. The highest BCUT2D eigenvalue weighted by molar-refractivity contribution is 5.99. The summed E-state index contributed by atoms with van der Waals surface area (Å²) in [5, 5.41) is 1.51. The zero-order chi connectivity index (χ0) is 24.1. The van der Waals surface area contributed by atoms with Crippen molar-refractivity contribution in [1.82, 2.24) is 10.4 Å². The monoisotopic (exact) mass is 440 g/mol. The number of hydrogen-bond donors (Lipinski definition) is 1. The van der Waals surface area contributed by atoms with Crippen LogP contribution in [0.1, 0.15) is 72.4 Å². The number of aryl methyl sites for hydroxylation is 2. The summed E-state index contributed by atoms with van der Waals surface area (Å²) in [5.41, 5.74) is 5.60. The molecule has 2 aromatic rings. The van der Waals surface area contributed by atoms with Gasteiger partial charge in [0.1, 0.15) is 0 Å². The lowest BCUT2D eigenvalue weighted by molar-refractivity contribution is 0.0271. The van der Waals surface area contributed by atoms with Crippen molar-refractivity contribution in [3.63, 3.8) is 0 Å². The first kappa shape index (κ1) is 25.2. The molecule has 32 heavy (non-hydrogen) atoms. The lowest BCUT2D eigenvalue weighted by Crippen LogP contribution is -2.56. The van der Waals surface area contributed by atoms with Gasteiger partial charge in [-0.25, -0.2) is 5.01 Å². The van der Waals surface area contributed by atoms with E-state index in [0.717, 1.165) is 24.0 Å². The molecule has 0 heterocycles. The quantitative estimate of drug-likeness (QED) is 0.592. The van der Waals surface area contributed by atoms with Crippen molar-refractivity contribution in [2.75, 3.05) is 14.2 Å². The number of amides is 2. The van der Waals surface area contributed by atoms with Gasteiger partial charge in [-0.1, -0.05) is 51.3 Å². The maximum absolute atomic E-state index is 13.7. The van der Waals surface area contributed by atoms with Crippen LogP contribution in [0.5, 0.6) is 11.5 Å². The number of nitrogens with one attached hydrogen (secondary N) is 1. The third kappa shape index (κ3) is 6.02. The molecule has 6 heteroatoms. The highest BCUT2D eigenvalue weighted by Gasteiger charge is 2.35. The molecular weight excluding hydrogens is 404 g/mol. The van der Waals surface area contributed by atoms with Crippen molar-refractivity contribution in [3.8, 4) is 11.5 Å². The Balaban J connectivity index is 2.48. The molecule has 0 aliphatic carbocycles. The number of nitrogens with zero attached hydrogens (tertiary/aromatic N) is 1. The summed E-state index contributed by atoms with van der Waals surface area (Å²) in [5.74, 6) is 0.382. The van der Waals surface area contributed by atoms with Crippen molar-refractivity contribution in [2.24, 2.45) is 5.41 Å². The normalized spacial score (nSPS) is 12.1. The van der Waals surface area contributed by atoms with Gasteiger partial charge in [0.05, 0.1) is 20.3 Å². The molecule has 0 saturated carbocycles. The van der Waals surface area contributed by atoms with Gasteiger partial charge in [-0.05, 0) is 56.0 Å². The van der Waals surface area contributed by atoms with Crippen molar-refractivity contribution in [2.45, 2.75) is 60.4 Å². The van der Waals surface area contributed by atoms with Gasteiger partial charge >= 0.3 is 0 Å². The van der Waals surface area contributed by atoms with Crippen LogP contribution in [-0.2, 0) is 0 Å². The largest absolute Gasteiger partial charge is 0.493 e. The van der Waals surface area contributed by atoms with Gasteiger partial charge in [-0.3, -0.25) is 15.0 Å². The summed E-state index contributed by atoms with van der Waals surface area (Å²) >= 11 is 0. The summed E-state index contributed by atoms with van der Waals surface area (Å²) < 4.78 is 10.6. The molecule has 0 aliphatic heterocycles. The van der Waals surface area contributed by atoms with Gasteiger partial charge < -0.3 is 9.47 Å². The number of ether oxygens (including phenoxy) is 2. The first-order valence-electron chi connectivity index (χ1n) is 11.0. The Morgan fingerprint density at radius 3 is 2.03 bits per heavy atom. The first-order chi connectivity index (χ1) is 15.0. The van der Waals surface area contributed by atoms with Crippen molar-refractivity contribution < 1.29 is 19.1 Å². The van der Waals surface area contributed by atoms with Crippen molar-refractivity contribution >= 4 is 11.8 Å². The maximum atomic E-state index is 13.7. The molecule has 1 unspecified atom stereocenters. The minimum Gasteiger partial charge on any atom is -0.493 e. The zero-order valence-electron chi connectivity index (χ0n) is 20.5. The number of methoxy groups -OCH3 is 2. The van der Waals surface area contributed by atoms with Crippen LogP contribution in [-0.4, -0.2) is 37.1 Å². The molecule has 0 saturated heterocycles. The van der Waals surface area contributed by atoms with Crippen LogP contribution in [0.25, 0.3) is 0 Å². The Bertz CT molecular complexity index is 943. The van der Waals surface area contributed by atoms with E-state index in [1.807, 2.05) is 32.0 Å². The predicted molar refractivity (Wildman–Crippen MR) is 127 cm³/mol. The number of carbonyl (C=O) groups excluding carboxylic acids is 2. The highest BCUT2D eigenvalue weighted by atomic mass is 16.5. The fraction of sp³-hybridized carbons (Fsp3) is 0.462. The molecule has 2 amide bonds. The third-order valence-electron chi connectivity index (χ3n) is 5.43. The lowest BCUT2D eigenvalue weighted by Gasteiger charge is -2.40. The Labute approximate surface area is 191 Å². The highest BCUT2D eigenvalue weighted by Crippen LogP contribution is 2.30. The maximum Gasteiger partial charge on any atom is 0.272 e. The van der Waals surface area contributed by atoms with E-state index in [9.17, 15) is 9.59 Å². The summed E-state index contributed by atoms with van der Waals surface area (Å²) in [6.45, 7) is 12.2. The Morgan fingerprint density at radius 1 is 0.938 bits per heavy atom. The lowest BCUT2D eigenvalue weighted by atomic mass is 9.83. The van der Waals surface area contributed by atoms with Crippen LogP contribution in [0.2, 0.25) is 0 Å². The second-order valence-corrected chi connectivity index (χ2v) is 9.23. The average molecular weight is 441 g/mol. The van der Waals surface area contributed by atoms with Gasteiger partial charge in [0.15, 0.2) is 11.5 Å². The van der Waals surface area contributed by atoms with E-state index in [4.69, 9.17) is 9.47 Å². The van der Waals surface area contributed by atoms with Gasteiger partial charge in [-0.15, -0.1) is 0 Å². The van der Waals surface area contributed by atoms with Gasteiger partial charge in [0.2, 0.25) is 0 Å². The fourth-order valence-electron chi connectivity index (χ4n) is 3.88. The first-order valence-corrected chi connectivity index (χ1v) is 11.0. The van der Waals surface area contributed by atoms with Crippen LogP contribution in [0.3, 0.4) is 0 Å². The Hall–Kier alpha value is -3.02. The summed E-state index contributed by atoms with van der Waals surface area (Å²) in [6.07, 6.45) is 1.64. The van der Waals surface area contributed by atoms with Crippen molar-refractivity contribution in [3.05, 3.63) is 58.7 Å². The van der Waals surface area contributed by atoms with E-state index >= 15 is 0 Å². The molecule has 0 spiro atoms. The topological polar surface area (TPSA) is 67.9 Å². The summed E-state index contributed by atoms with van der Waals surface area (Å²) in [4.78, 5) is 26.9. The summed E-state index contributed by atoms with van der Waals surface area (Å²) in [6, 6.07) is 10.5. The van der Waals surface area contributed by atoms with Gasteiger partial charge in [0.25, 0.3) is 11.8 Å². The van der Waals surface area contributed by atoms with Crippen LogP contribution in [0, 0.1) is 19.3 Å². The van der Waals surface area contributed by atoms with Crippen molar-refractivity contribution in [1.29, 1.82) is 0 Å². The van der Waals surface area contributed by atoms with Gasteiger partial charge in [0, 0.05) is 11.1 Å². The molecule has 174 valence electrons.